The number of fused-ring (bicyclic) bond motifs is 1. The van der Waals surface area contributed by atoms with Crippen molar-refractivity contribution in [1.29, 1.82) is 0 Å². The first-order chi connectivity index (χ1) is 36.7. The topological polar surface area (TPSA) is 222 Å². The van der Waals surface area contributed by atoms with Crippen LogP contribution in [-0.2, 0) is 68.9 Å². The molecule has 1 saturated carbocycles. The lowest BCUT2D eigenvalue weighted by molar-refractivity contribution is -0.351. The molecule has 75 heavy (non-hydrogen) atoms. The molecular formula is C57H67N5O13. The first-order valence-corrected chi connectivity index (χ1v) is 25.6. The lowest BCUT2D eigenvalue weighted by Crippen LogP contribution is -2.68. The summed E-state index contributed by atoms with van der Waals surface area (Å²) in [5, 5.41) is 27.2. The van der Waals surface area contributed by atoms with Crippen molar-refractivity contribution < 1.29 is 62.2 Å². The standard InChI is InChI=1S/C57H67N5O13/c63-49(27-16-29-59-55(65)70-35-40-19-8-2-9-20-40)60-44-33-45(61-56(66)71-36-41-21-10-3-11-22-41)47(34-46(44)68-32-31-58-30-28-39-17-6-1-7-18-39)73-54-50(62-57(67)72-37-42-23-12-4-13-24-42)51(64)52-48(74-54)38-69-53(75-52)43-25-14-5-15-26-43/h1-15,17-26,44-48,50-54,58,64H,16,27-38H2,(H,59,65)(H,60,63)(H,61,66)(H,62,67)/t44-,45+,46-,47+,48-,50-,51-,52-,53?,54+/m1/s1. The maximum absolute atomic E-state index is 13.7. The van der Waals surface area contributed by atoms with Crippen molar-refractivity contribution in [3.05, 3.63) is 179 Å². The maximum atomic E-state index is 13.7. The molecule has 0 spiro atoms. The molecule has 398 valence electrons. The minimum absolute atomic E-state index is 0.00994. The monoisotopic (exact) mass is 1030 g/mol. The largest absolute Gasteiger partial charge is 0.445 e. The molecular weight excluding hydrogens is 963 g/mol. The molecule has 10 atom stereocenters. The quantitative estimate of drug-likeness (QED) is 0.0310. The molecule has 0 radical (unpaired) electrons. The summed E-state index contributed by atoms with van der Waals surface area (Å²) in [4.78, 5) is 53.5. The molecule has 5 aromatic rings. The fourth-order valence-electron chi connectivity index (χ4n) is 9.18. The van der Waals surface area contributed by atoms with Crippen LogP contribution in [0.2, 0.25) is 0 Å². The second-order valence-corrected chi connectivity index (χ2v) is 18.6. The van der Waals surface area contributed by atoms with Gasteiger partial charge >= 0.3 is 18.3 Å². The third-order valence-electron chi connectivity index (χ3n) is 13.1. The number of hydrogen-bond acceptors (Lipinski definition) is 14. The van der Waals surface area contributed by atoms with E-state index in [1.54, 1.807) is 0 Å². The number of nitrogens with one attached hydrogen (secondary N) is 5. The van der Waals surface area contributed by atoms with Crippen LogP contribution in [0.3, 0.4) is 0 Å². The molecule has 1 unspecified atom stereocenters. The number of aliphatic hydroxyl groups excluding tert-OH is 1. The van der Waals surface area contributed by atoms with Crippen LogP contribution in [0.1, 0.15) is 59.8 Å². The number of carbonyl (C=O) groups excluding carboxylic acids is 4. The van der Waals surface area contributed by atoms with E-state index < -0.39 is 79.5 Å². The number of amides is 4. The van der Waals surface area contributed by atoms with Gasteiger partial charge in [-0.3, -0.25) is 4.79 Å². The number of hydrogen-bond donors (Lipinski definition) is 6. The molecule has 2 heterocycles. The van der Waals surface area contributed by atoms with E-state index in [1.807, 2.05) is 140 Å². The van der Waals surface area contributed by atoms with Gasteiger partial charge in [0.05, 0.1) is 37.5 Å². The predicted molar refractivity (Wildman–Crippen MR) is 274 cm³/mol. The number of benzene rings is 5. The molecule has 3 aliphatic rings. The van der Waals surface area contributed by atoms with Gasteiger partial charge in [-0.1, -0.05) is 152 Å². The number of alkyl carbamates (subject to hydrolysis) is 3. The normalized spacial score (nSPS) is 24.1. The molecule has 2 aliphatic heterocycles. The van der Waals surface area contributed by atoms with Gasteiger partial charge in [0.1, 0.15) is 44.2 Å². The zero-order chi connectivity index (χ0) is 52.0. The molecule has 18 nitrogen and oxygen atoms in total. The predicted octanol–water partition coefficient (Wildman–Crippen LogP) is 6.36. The van der Waals surface area contributed by atoms with Crippen LogP contribution in [0.25, 0.3) is 0 Å². The second kappa shape index (κ2) is 28.7. The third-order valence-corrected chi connectivity index (χ3v) is 13.1. The molecule has 5 aromatic carbocycles. The van der Waals surface area contributed by atoms with E-state index >= 15 is 0 Å². The van der Waals surface area contributed by atoms with Crippen molar-refractivity contribution in [2.24, 2.45) is 0 Å². The highest BCUT2D eigenvalue weighted by atomic mass is 16.7. The van der Waals surface area contributed by atoms with Crippen molar-refractivity contribution in [3.63, 3.8) is 0 Å². The van der Waals surface area contributed by atoms with Crippen molar-refractivity contribution in [1.82, 2.24) is 26.6 Å². The first kappa shape index (κ1) is 54.4. The Morgan fingerprint density at radius 1 is 0.573 bits per heavy atom. The Bertz CT molecular complexity index is 2500. The van der Waals surface area contributed by atoms with Crippen LogP contribution in [0, 0.1) is 0 Å². The minimum Gasteiger partial charge on any atom is -0.445 e. The molecule has 3 fully saturated rings. The molecule has 4 amide bonds. The second-order valence-electron chi connectivity index (χ2n) is 18.6. The summed E-state index contributed by atoms with van der Waals surface area (Å²) in [5.74, 6) is -0.298. The highest BCUT2D eigenvalue weighted by molar-refractivity contribution is 5.76. The summed E-state index contributed by atoms with van der Waals surface area (Å²) in [6.07, 6.45) is -7.62. The van der Waals surface area contributed by atoms with Gasteiger partial charge in [0.15, 0.2) is 12.6 Å². The van der Waals surface area contributed by atoms with Crippen LogP contribution >= 0.6 is 0 Å². The van der Waals surface area contributed by atoms with Gasteiger partial charge in [-0.05, 0) is 48.1 Å². The van der Waals surface area contributed by atoms with Gasteiger partial charge < -0.3 is 69.6 Å². The summed E-state index contributed by atoms with van der Waals surface area (Å²) in [7, 11) is 0. The maximum Gasteiger partial charge on any atom is 0.407 e. The van der Waals surface area contributed by atoms with Crippen molar-refractivity contribution >= 4 is 24.2 Å². The molecule has 18 heteroatoms. The summed E-state index contributed by atoms with van der Waals surface area (Å²) >= 11 is 0. The molecule has 0 bridgehead atoms. The summed E-state index contributed by atoms with van der Waals surface area (Å²) in [6, 6.07) is 44.4. The Kier molecular flexibility index (Phi) is 20.8. The Morgan fingerprint density at radius 2 is 1.12 bits per heavy atom. The van der Waals surface area contributed by atoms with Gasteiger partial charge in [0.2, 0.25) is 5.91 Å². The van der Waals surface area contributed by atoms with Crippen LogP contribution in [0.15, 0.2) is 152 Å². The van der Waals surface area contributed by atoms with Crippen LogP contribution in [0.4, 0.5) is 14.4 Å². The zero-order valence-electron chi connectivity index (χ0n) is 41.7. The van der Waals surface area contributed by atoms with E-state index in [-0.39, 0.29) is 64.7 Å². The summed E-state index contributed by atoms with van der Waals surface area (Å²) in [5.41, 5.74) is 4.31. The van der Waals surface area contributed by atoms with E-state index in [9.17, 15) is 24.3 Å². The lowest BCUT2D eigenvalue weighted by atomic mass is 9.85. The SMILES string of the molecule is O=C(CCCNC(=O)OCc1ccccc1)N[C@@H]1C[C@H](NC(=O)OCc2ccccc2)[C@@H](O[C@H]2O[C@@H]3COC(c4ccccc4)O[C@H]3[C@H](O)[C@H]2NC(=O)OCc2ccccc2)C[C@H]1OCCNCCc1ccccc1. The van der Waals surface area contributed by atoms with Crippen LogP contribution in [-0.4, -0.2) is 117 Å². The molecule has 2 saturated heterocycles. The van der Waals surface area contributed by atoms with Gasteiger partial charge in [-0.15, -0.1) is 0 Å². The molecule has 8 rings (SSSR count). The highest BCUT2D eigenvalue weighted by Gasteiger charge is 2.52. The van der Waals surface area contributed by atoms with Crippen LogP contribution < -0.4 is 26.6 Å². The smallest absolute Gasteiger partial charge is 0.407 e. The Labute approximate surface area is 437 Å². The van der Waals surface area contributed by atoms with Gasteiger partial charge in [0, 0.05) is 31.5 Å². The fraction of sp³-hybridized carbons (Fsp3) is 0.404. The van der Waals surface area contributed by atoms with E-state index in [2.05, 4.69) is 38.7 Å². The fourth-order valence-corrected chi connectivity index (χ4v) is 9.18. The number of carbonyl (C=O) groups is 4. The van der Waals surface area contributed by atoms with Crippen molar-refractivity contribution in [2.75, 3.05) is 32.8 Å². The lowest BCUT2D eigenvalue weighted by Gasteiger charge is -2.49. The van der Waals surface area contributed by atoms with Crippen molar-refractivity contribution in [3.8, 4) is 0 Å². The average molecular weight is 1030 g/mol. The summed E-state index contributed by atoms with van der Waals surface area (Å²) in [6.45, 7) is 1.75. The summed E-state index contributed by atoms with van der Waals surface area (Å²) < 4.78 is 49.1. The average Bonchev–Trinajstić information content (AvgIpc) is 3.44. The molecule has 1 aliphatic carbocycles. The Morgan fingerprint density at radius 3 is 1.73 bits per heavy atom. The van der Waals surface area contributed by atoms with Gasteiger partial charge in [-0.2, -0.15) is 0 Å². The first-order valence-electron chi connectivity index (χ1n) is 25.6. The van der Waals surface area contributed by atoms with E-state index in [0.29, 0.717) is 19.5 Å². The van der Waals surface area contributed by atoms with E-state index in [4.69, 9.17) is 37.9 Å². The van der Waals surface area contributed by atoms with Gasteiger partial charge in [-0.25, -0.2) is 14.4 Å². The molecule has 6 N–H and O–H groups in total. The van der Waals surface area contributed by atoms with E-state index in [0.717, 1.165) is 28.7 Å². The Hall–Kier alpha value is -6.90. The number of aliphatic hydroxyl groups is 1. The van der Waals surface area contributed by atoms with Gasteiger partial charge in [0.25, 0.3) is 0 Å². The number of rotatable bonds is 23. The zero-order valence-corrected chi connectivity index (χ0v) is 41.7. The Balaban J connectivity index is 0.983. The minimum atomic E-state index is -1.39. The van der Waals surface area contributed by atoms with Crippen LogP contribution in [0.5, 0.6) is 0 Å². The van der Waals surface area contributed by atoms with E-state index in [1.165, 1.54) is 5.56 Å². The molecule has 0 aromatic heterocycles. The highest BCUT2D eigenvalue weighted by Crippen LogP contribution is 2.36. The van der Waals surface area contributed by atoms with Crippen molar-refractivity contribution in [2.45, 2.75) is 113 Å². The third kappa shape index (κ3) is 17.1. The number of ether oxygens (including phenoxy) is 8.